The number of hydrogen-bond acceptors (Lipinski definition) is 8. The Balaban J connectivity index is 1.10. The zero-order valence-electron chi connectivity index (χ0n) is 33.0. The summed E-state index contributed by atoms with van der Waals surface area (Å²) >= 11 is 0. The lowest BCUT2D eigenvalue weighted by Gasteiger charge is -2.64. The summed E-state index contributed by atoms with van der Waals surface area (Å²) in [4.78, 5) is 26.9. The van der Waals surface area contributed by atoms with Crippen LogP contribution < -0.4 is 5.32 Å². The number of rotatable bonds is 7. The van der Waals surface area contributed by atoms with Gasteiger partial charge in [-0.25, -0.2) is 9.59 Å². The molecule has 5 saturated carbocycles. The quantitative estimate of drug-likeness (QED) is 0.228. The van der Waals surface area contributed by atoms with E-state index in [2.05, 4.69) is 33.0 Å². The molecule has 0 aromatic heterocycles. The highest BCUT2D eigenvalue weighted by Crippen LogP contribution is 2.89. The van der Waals surface area contributed by atoms with Gasteiger partial charge in [0, 0.05) is 17.8 Å². The van der Waals surface area contributed by atoms with Crippen LogP contribution in [0, 0.1) is 44.8 Å². The van der Waals surface area contributed by atoms with Crippen molar-refractivity contribution < 1.29 is 39.1 Å². The lowest BCUT2D eigenvalue weighted by atomic mass is 9.41. The second-order valence-corrected chi connectivity index (χ2v) is 20.5. The standard InChI is InChI=1S/C43H65NO8/c1-37(2,3)52-36(48)44-26(21-25-13-11-10-12-14-25)35(47)51-31-17-18-43-24-42(43)20-19-40(8)33(29-15-16-32(50-29)39(6,7)49)28(46)23-41(40,9)30(42)22-27(45)34(43)38(31,4)5/h10-14,26-34,45-46,49H,15-24H2,1-9H3,(H,44,48)/t26-,27-,28-,29?,30?,31-,32-,33+,34-,40+,41-,42?,43+/m0/s1. The zero-order valence-corrected chi connectivity index (χ0v) is 33.0. The fourth-order valence-corrected chi connectivity index (χ4v) is 13.5. The highest BCUT2D eigenvalue weighted by atomic mass is 16.6. The number of aliphatic hydroxyl groups excluding tert-OH is 2. The summed E-state index contributed by atoms with van der Waals surface area (Å²) in [6.07, 6.45) is 5.61. The van der Waals surface area contributed by atoms with E-state index in [0.717, 1.165) is 44.1 Å². The maximum Gasteiger partial charge on any atom is 0.408 e. The fraction of sp³-hybridized carbons (Fsp3) is 0.814. The van der Waals surface area contributed by atoms with Crippen molar-refractivity contribution in [1.29, 1.82) is 0 Å². The summed E-state index contributed by atoms with van der Waals surface area (Å²) in [5.74, 6) is -0.240. The lowest BCUT2D eigenvalue weighted by molar-refractivity contribution is -0.211. The molecule has 7 rings (SSSR count). The van der Waals surface area contributed by atoms with E-state index < -0.39 is 53.0 Å². The highest BCUT2D eigenvalue weighted by molar-refractivity contribution is 5.82. The van der Waals surface area contributed by atoms with Crippen molar-refractivity contribution in [3.63, 3.8) is 0 Å². The van der Waals surface area contributed by atoms with Crippen molar-refractivity contribution in [3.8, 4) is 0 Å². The maximum absolute atomic E-state index is 14.0. The Morgan fingerprint density at radius 3 is 2.25 bits per heavy atom. The molecule has 1 aromatic rings. The number of amides is 1. The van der Waals surface area contributed by atoms with Gasteiger partial charge in [-0.3, -0.25) is 0 Å². The van der Waals surface area contributed by atoms with Crippen molar-refractivity contribution in [1.82, 2.24) is 5.32 Å². The van der Waals surface area contributed by atoms with Crippen LogP contribution in [0.2, 0.25) is 0 Å². The molecule has 2 spiro atoms. The molecule has 290 valence electrons. The third-order valence-corrected chi connectivity index (χ3v) is 15.8. The van der Waals surface area contributed by atoms with E-state index >= 15 is 0 Å². The van der Waals surface area contributed by atoms with E-state index in [0.29, 0.717) is 19.3 Å². The third kappa shape index (κ3) is 5.85. The van der Waals surface area contributed by atoms with Gasteiger partial charge in [-0.15, -0.1) is 0 Å². The van der Waals surface area contributed by atoms with E-state index in [4.69, 9.17) is 14.2 Å². The molecule has 52 heavy (non-hydrogen) atoms. The molecular formula is C43H65NO8. The molecule has 0 bridgehead atoms. The highest BCUT2D eigenvalue weighted by Gasteiger charge is 2.84. The zero-order chi connectivity index (χ0) is 37.9. The molecule has 9 nitrogen and oxygen atoms in total. The second kappa shape index (κ2) is 12.4. The first-order valence-electron chi connectivity index (χ1n) is 20.1. The molecule has 1 aromatic carbocycles. The summed E-state index contributed by atoms with van der Waals surface area (Å²) in [6, 6.07) is 8.68. The molecule has 5 aliphatic carbocycles. The van der Waals surface area contributed by atoms with Crippen LogP contribution in [0.15, 0.2) is 30.3 Å². The summed E-state index contributed by atoms with van der Waals surface area (Å²) in [6.45, 7) is 18.1. The maximum atomic E-state index is 14.0. The molecule has 1 amide bonds. The van der Waals surface area contributed by atoms with Crippen molar-refractivity contribution >= 4 is 12.1 Å². The predicted octanol–water partition coefficient (Wildman–Crippen LogP) is 6.73. The number of hydrogen-bond donors (Lipinski definition) is 4. The molecule has 0 radical (unpaired) electrons. The van der Waals surface area contributed by atoms with Crippen LogP contribution in [0.3, 0.4) is 0 Å². The number of carbonyl (C=O) groups is 2. The minimum atomic E-state index is -0.919. The molecule has 6 fully saturated rings. The Hall–Kier alpha value is -2.20. The average Bonchev–Trinajstić information content (AvgIpc) is 3.28. The van der Waals surface area contributed by atoms with Gasteiger partial charge in [0.15, 0.2) is 0 Å². The van der Waals surface area contributed by atoms with E-state index in [1.165, 1.54) is 0 Å². The first kappa shape index (κ1) is 38.1. The number of esters is 1. The van der Waals surface area contributed by atoms with Crippen molar-refractivity contribution in [3.05, 3.63) is 35.9 Å². The van der Waals surface area contributed by atoms with E-state index in [1.807, 2.05) is 44.2 Å². The Kier molecular flexibility index (Phi) is 9.09. The number of fused-ring (bicyclic) bond motifs is 2. The molecule has 13 atom stereocenters. The normalized spacial score (nSPS) is 44.0. The minimum Gasteiger partial charge on any atom is -0.460 e. The molecular weight excluding hydrogens is 658 g/mol. The second-order valence-electron chi connectivity index (χ2n) is 20.5. The Bertz CT molecular complexity index is 1530. The number of carbonyl (C=O) groups excluding carboxylic acids is 2. The smallest absolute Gasteiger partial charge is 0.408 e. The number of aliphatic hydroxyl groups is 3. The predicted molar refractivity (Wildman–Crippen MR) is 197 cm³/mol. The number of alkyl carbamates (subject to hydrolysis) is 1. The molecule has 6 aliphatic rings. The lowest BCUT2D eigenvalue weighted by Crippen LogP contribution is -2.62. The first-order valence-corrected chi connectivity index (χ1v) is 20.1. The topological polar surface area (TPSA) is 135 Å². The minimum absolute atomic E-state index is 0.00326. The van der Waals surface area contributed by atoms with Gasteiger partial charge in [0.1, 0.15) is 17.7 Å². The summed E-state index contributed by atoms with van der Waals surface area (Å²) < 4.78 is 18.5. The summed E-state index contributed by atoms with van der Waals surface area (Å²) in [5, 5.41) is 37.7. The van der Waals surface area contributed by atoms with Crippen molar-refractivity contribution in [2.45, 2.75) is 174 Å². The van der Waals surface area contributed by atoms with E-state index in [9.17, 15) is 24.9 Å². The summed E-state index contributed by atoms with van der Waals surface area (Å²) in [5.41, 5.74) is -1.47. The van der Waals surface area contributed by atoms with Crippen LogP contribution in [0.25, 0.3) is 0 Å². The first-order chi connectivity index (χ1) is 24.1. The van der Waals surface area contributed by atoms with Crippen LogP contribution in [0.4, 0.5) is 4.79 Å². The van der Waals surface area contributed by atoms with Crippen LogP contribution in [-0.2, 0) is 25.4 Å². The van der Waals surface area contributed by atoms with Gasteiger partial charge in [-0.2, -0.15) is 0 Å². The van der Waals surface area contributed by atoms with Gasteiger partial charge in [0.2, 0.25) is 0 Å². The largest absolute Gasteiger partial charge is 0.460 e. The molecule has 9 heteroatoms. The van der Waals surface area contributed by atoms with Crippen LogP contribution in [-0.4, -0.2) is 75.1 Å². The molecule has 1 heterocycles. The van der Waals surface area contributed by atoms with Gasteiger partial charge >= 0.3 is 12.1 Å². The van der Waals surface area contributed by atoms with Gasteiger partial charge < -0.3 is 34.8 Å². The van der Waals surface area contributed by atoms with Crippen LogP contribution in [0.5, 0.6) is 0 Å². The summed E-state index contributed by atoms with van der Waals surface area (Å²) in [7, 11) is 0. The number of nitrogens with one attached hydrogen (secondary N) is 1. The number of ether oxygens (including phenoxy) is 3. The van der Waals surface area contributed by atoms with Crippen molar-refractivity contribution in [2.24, 2.45) is 44.8 Å². The van der Waals surface area contributed by atoms with Gasteiger partial charge in [0.05, 0.1) is 30.0 Å². The van der Waals surface area contributed by atoms with E-state index in [1.54, 1.807) is 20.8 Å². The van der Waals surface area contributed by atoms with Gasteiger partial charge in [0.25, 0.3) is 0 Å². The molecule has 4 N–H and O–H groups in total. The van der Waals surface area contributed by atoms with Crippen LogP contribution in [0.1, 0.15) is 126 Å². The molecule has 3 unspecified atom stereocenters. The molecule has 1 saturated heterocycles. The van der Waals surface area contributed by atoms with Gasteiger partial charge in [-0.1, -0.05) is 58.0 Å². The monoisotopic (exact) mass is 723 g/mol. The molecule has 1 aliphatic heterocycles. The van der Waals surface area contributed by atoms with E-state index in [-0.39, 0.29) is 58.0 Å². The third-order valence-electron chi connectivity index (χ3n) is 15.8. The Morgan fingerprint density at radius 2 is 1.62 bits per heavy atom. The SMILES string of the molecule is CC(C)(C)OC(=O)N[C@@H](Cc1ccccc1)C(=O)O[C@H]1CC[C@]23CC24CC[C@]2(C)[C@@H](C5CC[C@@H](C(C)(C)O)O5)[C@@H](O)C[C@@]2(C)C4C[C@H](O)[C@H]3C1(C)C. The van der Waals surface area contributed by atoms with Gasteiger partial charge in [-0.05, 0) is 131 Å². The number of benzene rings is 1. The fourth-order valence-electron chi connectivity index (χ4n) is 13.5. The average molecular weight is 724 g/mol. The Labute approximate surface area is 310 Å². The van der Waals surface area contributed by atoms with Crippen LogP contribution >= 0.6 is 0 Å². The van der Waals surface area contributed by atoms with Crippen molar-refractivity contribution in [2.75, 3.05) is 0 Å². The Morgan fingerprint density at radius 1 is 0.923 bits per heavy atom.